The Labute approximate surface area is 142 Å². The Morgan fingerprint density at radius 3 is 2.79 bits per heavy atom. The highest BCUT2D eigenvalue weighted by Crippen LogP contribution is 2.49. The van der Waals surface area contributed by atoms with Crippen molar-refractivity contribution in [3.05, 3.63) is 59.9 Å². The summed E-state index contributed by atoms with van der Waals surface area (Å²) in [7, 11) is 0. The molecule has 0 radical (unpaired) electrons. The van der Waals surface area contributed by atoms with Crippen LogP contribution in [0.25, 0.3) is 0 Å². The SMILES string of the molecule is Cc1ccccc1[C@@H]1C[C@@H]1C(=O)N1CC[C@H](Oc2ccncc2)C1. The molecule has 1 aliphatic heterocycles. The summed E-state index contributed by atoms with van der Waals surface area (Å²) in [5, 5.41) is 0. The molecular weight excluding hydrogens is 300 g/mol. The second kappa shape index (κ2) is 6.27. The maximum atomic E-state index is 12.8. The van der Waals surface area contributed by atoms with Crippen molar-refractivity contribution in [3.8, 4) is 5.75 Å². The lowest BCUT2D eigenvalue weighted by molar-refractivity contribution is -0.131. The first-order valence-electron chi connectivity index (χ1n) is 8.63. The first kappa shape index (κ1) is 15.2. The number of pyridine rings is 1. The van der Waals surface area contributed by atoms with Crippen molar-refractivity contribution in [3.63, 3.8) is 0 Å². The van der Waals surface area contributed by atoms with E-state index in [-0.39, 0.29) is 12.0 Å². The lowest BCUT2D eigenvalue weighted by Gasteiger charge is -2.17. The molecule has 2 fully saturated rings. The minimum Gasteiger partial charge on any atom is -0.488 e. The molecule has 4 nitrogen and oxygen atoms in total. The number of ether oxygens (including phenoxy) is 1. The quantitative estimate of drug-likeness (QED) is 0.868. The molecule has 3 atom stereocenters. The Kier molecular flexibility index (Phi) is 3.97. The summed E-state index contributed by atoms with van der Waals surface area (Å²) >= 11 is 0. The number of aromatic nitrogens is 1. The highest BCUT2D eigenvalue weighted by molar-refractivity contribution is 5.83. The first-order chi connectivity index (χ1) is 11.7. The minimum atomic E-state index is 0.0898. The maximum Gasteiger partial charge on any atom is 0.226 e. The van der Waals surface area contributed by atoms with Gasteiger partial charge in [-0.25, -0.2) is 0 Å². The van der Waals surface area contributed by atoms with Gasteiger partial charge in [-0.05, 0) is 42.5 Å². The number of hydrogen-bond acceptors (Lipinski definition) is 3. The Morgan fingerprint density at radius 1 is 1.21 bits per heavy atom. The molecule has 2 aliphatic rings. The van der Waals surface area contributed by atoms with Crippen LogP contribution in [0.4, 0.5) is 0 Å². The summed E-state index contributed by atoms with van der Waals surface area (Å²) < 4.78 is 5.95. The van der Waals surface area contributed by atoms with Crippen LogP contribution in [0, 0.1) is 12.8 Å². The van der Waals surface area contributed by atoms with Crippen molar-refractivity contribution < 1.29 is 9.53 Å². The summed E-state index contributed by atoms with van der Waals surface area (Å²) in [5.41, 5.74) is 2.62. The van der Waals surface area contributed by atoms with Crippen molar-refractivity contribution >= 4 is 5.91 Å². The van der Waals surface area contributed by atoms with Crippen molar-refractivity contribution in [2.75, 3.05) is 13.1 Å². The van der Waals surface area contributed by atoms with Gasteiger partial charge in [0.25, 0.3) is 0 Å². The standard InChI is InChI=1S/C20H22N2O2/c1-14-4-2-3-5-17(14)18-12-19(18)20(23)22-11-8-16(13-22)24-15-6-9-21-10-7-15/h2-7,9-10,16,18-19H,8,11-13H2,1H3/t16-,18-,19-/m0/s1. The topological polar surface area (TPSA) is 42.4 Å². The van der Waals surface area contributed by atoms with Gasteiger partial charge in [0.1, 0.15) is 11.9 Å². The van der Waals surface area contributed by atoms with Crippen LogP contribution in [0.5, 0.6) is 5.75 Å². The molecule has 0 bridgehead atoms. The Hall–Kier alpha value is -2.36. The number of hydrogen-bond donors (Lipinski definition) is 0. The second-order valence-corrected chi connectivity index (χ2v) is 6.80. The number of benzene rings is 1. The molecule has 24 heavy (non-hydrogen) atoms. The number of aryl methyl sites for hydroxylation is 1. The van der Waals surface area contributed by atoms with Gasteiger partial charge in [0.05, 0.1) is 6.54 Å². The molecule has 4 rings (SSSR count). The van der Waals surface area contributed by atoms with E-state index in [2.05, 4.69) is 36.2 Å². The molecular formula is C20H22N2O2. The van der Waals surface area contributed by atoms with Crippen LogP contribution in [0.1, 0.15) is 29.9 Å². The van der Waals surface area contributed by atoms with E-state index in [1.165, 1.54) is 11.1 Å². The van der Waals surface area contributed by atoms with E-state index in [1.54, 1.807) is 12.4 Å². The molecule has 1 saturated heterocycles. The van der Waals surface area contributed by atoms with Crippen LogP contribution in [-0.4, -0.2) is 35.0 Å². The Bertz CT molecular complexity index is 731. The molecule has 0 unspecified atom stereocenters. The Morgan fingerprint density at radius 2 is 2.00 bits per heavy atom. The number of carbonyl (C=O) groups excluding carboxylic acids is 1. The van der Waals surface area contributed by atoms with Crippen molar-refractivity contribution in [1.29, 1.82) is 0 Å². The van der Waals surface area contributed by atoms with Gasteiger partial charge in [0.2, 0.25) is 5.91 Å². The molecule has 2 heterocycles. The molecule has 1 aliphatic carbocycles. The lowest BCUT2D eigenvalue weighted by atomic mass is 10.0. The number of nitrogens with zero attached hydrogens (tertiary/aromatic N) is 2. The highest BCUT2D eigenvalue weighted by atomic mass is 16.5. The summed E-state index contributed by atoms with van der Waals surface area (Å²) in [6.45, 7) is 3.62. The summed E-state index contributed by atoms with van der Waals surface area (Å²) in [4.78, 5) is 18.7. The van der Waals surface area contributed by atoms with Gasteiger partial charge in [-0.2, -0.15) is 0 Å². The smallest absolute Gasteiger partial charge is 0.226 e. The van der Waals surface area contributed by atoms with Crippen LogP contribution in [0.15, 0.2) is 48.8 Å². The van der Waals surface area contributed by atoms with Gasteiger partial charge in [0.15, 0.2) is 0 Å². The van der Waals surface area contributed by atoms with Crippen LogP contribution >= 0.6 is 0 Å². The zero-order chi connectivity index (χ0) is 16.5. The molecule has 1 aromatic heterocycles. The summed E-state index contributed by atoms with van der Waals surface area (Å²) in [6.07, 6.45) is 5.42. The molecule has 124 valence electrons. The minimum absolute atomic E-state index is 0.0898. The van der Waals surface area contributed by atoms with Crippen LogP contribution < -0.4 is 4.74 Å². The third-order valence-corrected chi connectivity index (χ3v) is 5.10. The monoisotopic (exact) mass is 322 g/mol. The first-order valence-corrected chi connectivity index (χ1v) is 8.63. The molecule has 2 aromatic rings. The second-order valence-electron chi connectivity index (χ2n) is 6.80. The zero-order valence-corrected chi connectivity index (χ0v) is 13.9. The van der Waals surface area contributed by atoms with E-state index in [0.29, 0.717) is 18.4 Å². The zero-order valence-electron chi connectivity index (χ0n) is 13.9. The summed E-state index contributed by atoms with van der Waals surface area (Å²) in [5.74, 6) is 1.68. The van der Waals surface area contributed by atoms with E-state index in [1.807, 2.05) is 17.0 Å². The van der Waals surface area contributed by atoms with Gasteiger partial charge in [-0.1, -0.05) is 24.3 Å². The van der Waals surface area contributed by atoms with Gasteiger partial charge < -0.3 is 9.64 Å². The fourth-order valence-corrected chi connectivity index (χ4v) is 3.68. The van der Waals surface area contributed by atoms with Crippen LogP contribution in [0.3, 0.4) is 0 Å². The normalized spacial score (nSPS) is 25.5. The van der Waals surface area contributed by atoms with Crippen LogP contribution in [-0.2, 0) is 4.79 Å². The third kappa shape index (κ3) is 3.01. The number of rotatable bonds is 4. The highest BCUT2D eigenvalue weighted by Gasteiger charge is 2.47. The third-order valence-electron chi connectivity index (χ3n) is 5.10. The molecule has 0 spiro atoms. The van der Waals surface area contributed by atoms with E-state index >= 15 is 0 Å². The molecule has 0 N–H and O–H groups in total. The van der Waals surface area contributed by atoms with E-state index < -0.39 is 0 Å². The van der Waals surface area contributed by atoms with Gasteiger partial charge in [-0.3, -0.25) is 9.78 Å². The van der Waals surface area contributed by atoms with E-state index in [4.69, 9.17) is 4.74 Å². The number of likely N-dealkylation sites (tertiary alicyclic amines) is 1. The predicted octanol–water partition coefficient (Wildman–Crippen LogP) is 3.17. The van der Waals surface area contributed by atoms with Gasteiger partial charge >= 0.3 is 0 Å². The Balaban J connectivity index is 1.35. The van der Waals surface area contributed by atoms with Crippen molar-refractivity contribution in [2.45, 2.75) is 31.8 Å². The molecule has 4 heteroatoms. The van der Waals surface area contributed by atoms with Crippen LogP contribution in [0.2, 0.25) is 0 Å². The average molecular weight is 322 g/mol. The van der Waals surface area contributed by atoms with Crippen molar-refractivity contribution in [2.24, 2.45) is 5.92 Å². The fraction of sp³-hybridized carbons (Fsp3) is 0.400. The number of carbonyl (C=O) groups is 1. The summed E-state index contributed by atoms with van der Waals surface area (Å²) in [6, 6.07) is 12.1. The van der Waals surface area contributed by atoms with Gasteiger partial charge in [0, 0.05) is 31.3 Å². The fourth-order valence-electron chi connectivity index (χ4n) is 3.68. The molecule has 1 aromatic carbocycles. The largest absolute Gasteiger partial charge is 0.488 e. The number of amides is 1. The van der Waals surface area contributed by atoms with Gasteiger partial charge in [-0.15, -0.1) is 0 Å². The van der Waals surface area contributed by atoms with E-state index in [0.717, 1.165) is 25.1 Å². The average Bonchev–Trinajstić information content (AvgIpc) is 3.26. The molecule has 1 amide bonds. The van der Waals surface area contributed by atoms with Crippen molar-refractivity contribution in [1.82, 2.24) is 9.88 Å². The maximum absolute atomic E-state index is 12.8. The molecule has 1 saturated carbocycles. The van der Waals surface area contributed by atoms with E-state index in [9.17, 15) is 4.79 Å². The lowest BCUT2D eigenvalue weighted by Crippen LogP contribution is -2.32. The predicted molar refractivity (Wildman–Crippen MR) is 91.9 cm³/mol.